The van der Waals surface area contributed by atoms with Crippen molar-refractivity contribution in [3.05, 3.63) is 58.5 Å². The lowest BCUT2D eigenvalue weighted by Gasteiger charge is -2.09. The molecule has 6 heteroatoms. The van der Waals surface area contributed by atoms with Gasteiger partial charge >= 0.3 is 5.97 Å². The fraction of sp³-hybridized carbons (Fsp3) is 0.143. The van der Waals surface area contributed by atoms with Crippen LogP contribution in [0.5, 0.6) is 0 Å². The Kier molecular flexibility index (Phi) is 4.53. The van der Waals surface area contributed by atoms with Gasteiger partial charge in [0.1, 0.15) is 22.4 Å². The van der Waals surface area contributed by atoms with Gasteiger partial charge < -0.3 is 10.4 Å². The molecule has 104 valence electrons. The second-order valence-corrected chi connectivity index (χ2v) is 4.49. The molecule has 0 spiro atoms. The number of carboxylic acid groups (broad SMARTS) is 1. The van der Waals surface area contributed by atoms with Gasteiger partial charge in [-0.05, 0) is 30.2 Å². The van der Waals surface area contributed by atoms with Crippen molar-refractivity contribution in [2.24, 2.45) is 0 Å². The van der Waals surface area contributed by atoms with Gasteiger partial charge in [-0.25, -0.2) is 14.2 Å². The minimum absolute atomic E-state index is 0.0305. The Bertz CT molecular complexity index is 634. The Hall–Kier alpha value is -2.14. The molecule has 0 aliphatic rings. The minimum Gasteiger partial charge on any atom is -0.478 e. The predicted molar refractivity (Wildman–Crippen MR) is 74.8 cm³/mol. The first-order valence-corrected chi connectivity index (χ1v) is 6.33. The van der Waals surface area contributed by atoms with Gasteiger partial charge in [0.15, 0.2) is 0 Å². The van der Waals surface area contributed by atoms with Gasteiger partial charge in [-0.2, -0.15) is 0 Å². The maximum Gasteiger partial charge on any atom is 0.339 e. The second-order valence-electron chi connectivity index (χ2n) is 4.10. The number of anilines is 1. The number of carbonyl (C=O) groups is 1. The molecule has 2 aromatic rings. The topological polar surface area (TPSA) is 62.2 Å². The molecule has 0 saturated heterocycles. The zero-order chi connectivity index (χ0) is 14.5. The van der Waals surface area contributed by atoms with Crippen molar-refractivity contribution in [3.8, 4) is 0 Å². The molecule has 0 radical (unpaired) electrons. The normalized spacial score (nSPS) is 10.3. The lowest BCUT2D eigenvalue weighted by molar-refractivity contribution is 0.0697. The molecule has 0 atom stereocenters. The summed E-state index contributed by atoms with van der Waals surface area (Å²) in [5, 5.41) is 12.1. The summed E-state index contributed by atoms with van der Waals surface area (Å²) in [6, 6.07) is 9.22. The zero-order valence-corrected chi connectivity index (χ0v) is 11.2. The second kappa shape index (κ2) is 6.34. The summed E-state index contributed by atoms with van der Waals surface area (Å²) in [7, 11) is 0. The van der Waals surface area contributed by atoms with Crippen molar-refractivity contribution < 1.29 is 14.3 Å². The molecule has 1 heterocycles. The minimum atomic E-state index is -1.09. The Morgan fingerprint density at radius 1 is 1.30 bits per heavy atom. The van der Waals surface area contributed by atoms with Crippen molar-refractivity contribution in [1.29, 1.82) is 0 Å². The molecule has 0 amide bonds. The van der Waals surface area contributed by atoms with Gasteiger partial charge in [-0.15, -0.1) is 0 Å². The summed E-state index contributed by atoms with van der Waals surface area (Å²) in [5.41, 5.74) is 0.585. The van der Waals surface area contributed by atoms with Crippen LogP contribution in [0.1, 0.15) is 15.9 Å². The lowest BCUT2D eigenvalue weighted by atomic mass is 10.1. The number of carboxylic acids is 1. The smallest absolute Gasteiger partial charge is 0.339 e. The van der Waals surface area contributed by atoms with Gasteiger partial charge in [-0.3, -0.25) is 0 Å². The van der Waals surface area contributed by atoms with E-state index in [4.69, 9.17) is 16.7 Å². The predicted octanol–water partition coefficient (Wildman–Crippen LogP) is 3.23. The number of benzene rings is 1. The molecule has 2 N–H and O–H groups in total. The molecule has 20 heavy (non-hydrogen) atoms. The van der Waals surface area contributed by atoms with Crippen LogP contribution in [0.2, 0.25) is 5.15 Å². The number of nitrogens with one attached hydrogen (secondary N) is 1. The molecule has 0 aliphatic carbocycles. The third-order valence-electron chi connectivity index (χ3n) is 2.74. The molecule has 0 aliphatic heterocycles. The van der Waals surface area contributed by atoms with E-state index in [9.17, 15) is 9.18 Å². The van der Waals surface area contributed by atoms with Crippen LogP contribution in [0, 0.1) is 5.82 Å². The Morgan fingerprint density at radius 3 is 2.75 bits per heavy atom. The number of hydrogen-bond donors (Lipinski definition) is 2. The number of nitrogens with zero attached hydrogens (tertiary/aromatic N) is 1. The number of halogens is 2. The highest BCUT2D eigenvalue weighted by Crippen LogP contribution is 2.17. The van der Waals surface area contributed by atoms with Crippen molar-refractivity contribution in [2.75, 3.05) is 11.9 Å². The first-order chi connectivity index (χ1) is 9.58. The third kappa shape index (κ3) is 3.45. The Labute approximate surface area is 120 Å². The van der Waals surface area contributed by atoms with Crippen LogP contribution in [0.4, 0.5) is 10.2 Å². The molecule has 1 aromatic heterocycles. The SMILES string of the molecule is O=C(O)c1ccc(Cl)nc1NCCc1ccccc1F. The van der Waals surface area contributed by atoms with E-state index < -0.39 is 5.97 Å². The zero-order valence-electron chi connectivity index (χ0n) is 10.4. The molecular formula is C14H12ClFN2O2. The summed E-state index contributed by atoms with van der Waals surface area (Å²) in [6.45, 7) is 0.356. The Balaban J connectivity index is 2.06. The van der Waals surface area contributed by atoms with E-state index in [2.05, 4.69) is 10.3 Å². The number of aromatic nitrogens is 1. The van der Waals surface area contributed by atoms with E-state index in [0.29, 0.717) is 18.5 Å². The standard InChI is InChI=1S/C14H12ClFN2O2/c15-12-6-5-10(14(19)20)13(18-12)17-8-7-9-3-1-2-4-11(9)16/h1-6H,7-8H2,(H,17,18)(H,19,20). The van der Waals surface area contributed by atoms with E-state index in [1.807, 2.05) is 0 Å². The fourth-order valence-electron chi connectivity index (χ4n) is 1.76. The van der Waals surface area contributed by atoms with Crippen molar-refractivity contribution in [3.63, 3.8) is 0 Å². The number of aromatic carboxylic acids is 1. The molecule has 2 rings (SSSR count). The van der Waals surface area contributed by atoms with E-state index in [-0.39, 0.29) is 22.4 Å². The summed E-state index contributed by atoms with van der Waals surface area (Å²) in [6.07, 6.45) is 0.417. The van der Waals surface area contributed by atoms with Gasteiger partial charge in [0.25, 0.3) is 0 Å². The summed E-state index contributed by atoms with van der Waals surface area (Å²) in [5.74, 6) is -1.20. The molecule has 1 aromatic carbocycles. The van der Waals surface area contributed by atoms with E-state index in [1.165, 1.54) is 18.2 Å². The third-order valence-corrected chi connectivity index (χ3v) is 2.95. The van der Waals surface area contributed by atoms with Crippen molar-refractivity contribution in [2.45, 2.75) is 6.42 Å². The number of pyridine rings is 1. The lowest BCUT2D eigenvalue weighted by Crippen LogP contribution is -2.11. The molecule has 0 unspecified atom stereocenters. The maximum absolute atomic E-state index is 13.4. The summed E-state index contributed by atoms with van der Waals surface area (Å²) in [4.78, 5) is 15.0. The van der Waals surface area contributed by atoms with Crippen LogP contribution in [0.15, 0.2) is 36.4 Å². The highest BCUT2D eigenvalue weighted by atomic mass is 35.5. The Morgan fingerprint density at radius 2 is 2.05 bits per heavy atom. The van der Waals surface area contributed by atoms with E-state index in [0.717, 1.165) is 0 Å². The molecule has 4 nitrogen and oxygen atoms in total. The van der Waals surface area contributed by atoms with Crippen molar-refractivity contribution in [1.82, 2.24) is 4.98 Å². The molecule has 0 saturated carbocycles. The quantitative estimate of drug-likeness (QED) is 0.831. The fourth-order valence-corrected chi connectivity index (χ4v) is 1.91. The monoisotopic (exact) mass is 294 g/mol. The van der Waals surface area contributed by atoms with Crippen LogP contribution >= 0.6 is 11.6 Å². The number of hydrogen-bond acceptors (Lipinski definition) is 3. The largest absolute Gasteiger partial charge is 0.478 e. The summed E-state index contributed by atoms with van der Waals surface area (Å²) >= 11 is 5.74. The van der Waals surface area contributed by atoms with Crippen LogP contribution in [0.25, 0.3) is 0 Å². The van der Waals surface area contributed by atoms with Crippen LogP contribution in [-0.2, 0) is 6.42 Å². The first-order valence-electron chi connectivity index (χ1n) is 5.95. The average molecular weight is 295 g/mol. The average Bonchev–Trinajstić information content (AvgIpc) is 2.41. The molecule has 0 bridgehead atoms. The van der Waals surface area contributed by atoms with Gasteiger partial charge in [0.2, 0.25) is 0 Å². The molecular weight excluding hydrogens is 283 g/mol. The van der Waals surface area contributed by atoms with Crippen LogP contribution < -0.4 is 5.32 Å². The highest BCUT2D eigenvalue weighted by Gasteiger charge is 2.11. The van der Waals surface area contributed by atoms with E-state index >= 15 is 0 Å². The first kappa shape index (κ1) is 14.3. The van der Waals surface area contributed by atoms with Gasteiger partial charge in [0.05, 0.1) is 0 Å². The van der Waals surface area contributed by atoms with Crippen LogP contribution in [0.3, 0.4) is 0 Å². The van der Waals surface area contributed by atoms with Crippen LogP contribution in [-0.4, -0.2) is 22.6 Å². The summed E-state index contributed by atoms with van der Waals surface area (Å²) < 4.78 is 13.4. The number of rotatable bonds is 5. The maximum atomic E-state index is 13.4. The highest BCUT2D eigenvalue weighted by molar-refractivity contribution is 6.29. The van der Waals surface area contributed by atoms with Crippen molar-refractivity contribution >= 4 is 23.4 Å². The van der Waals surface area contributed by atoms with Gasteiger partial charge in [-0.1, -0.05) is 29.8 Å². The van der Waals surface area contributed by atoms with Gasteiger partial charge in [0, 0.05) is 6.54 Å². The van der Waals surface area contributed by atoms with E-state index in [1.54, 1.807) is 18.2 Å². The molecule has 0 fully saturated rings.